The number of phenols is 1. The van der Waals surface area contributed by atoms with E-state index in [0.29, 0.717) is 25.7 Å². The fourth-order valence-electron chi connectivity index (χ4n) is 4.11. The number of fused-ring (bicyclic) bond motifs is 1. The van der Waals surface area contributed by atoms with Gasteiger partial charge in [0.1, 0.15) is 5.75 Å². The molecule has 7 nitrogen and oxygen atoms in total. The van der Waals surface area contributed by atoms with Crippen LogP contribution in [0.1, 0.15) is 109 Å². The largest absolute Gasteiger partial charge is 0.508 e. The van der Waals surface area contributed by atoms with Crippen LogP contribution in [0, 0.1) is 0 Å². The number of aromatic hydroxyl groups is 1. The maximum Gasteiger partial charge on any atom is 0.369 e. The van der Waals surface area contributed by atoms with E-state index in [4.69, 9.17) is 18.1 Å². The second-order valence-electron chi connectivity index (χ2n) is 9.58. The first-order chi connectivity index (χ1) is 17.8. The average molecular weight is 559 g/mol. The first kappa shape index (κ1) is 32.3. The Hall–Kier alpha value is -0.940. The van der Waals surface area contributed by atoms with E-state index in [9.17, 15) is 14.2 Å². The number of hydrogen-bond donors (Lipinski definition) is 1. The molecule has 212 valence electrons. The highest BCUT2D eigenvalue weighted by Crippen LogP contribution is 2.74. The van der Waals surface area contributed by atoms with Crippen molar-refractivity contribution in [2.24, 2.45) is 0 Å². The molecule has 1 aromatic carbocycles. The van der Waals surface area contributed by atoms with E-state index in [1.165, 1.54) is 0 Å². The fourth-order valence-corrected chi connectivity index (χ4v) is 8.76. The monoisotopic (exact) mass is 558 g/mol. The Labute approximate surface area is 224 Å². The van der Waals surface area contributed by atoms with Crippen LogP contribution in [0.15, 0.2) is 17.2 Å². The number of rotatable bonds is 19. The lowest BCUT2D eigenvalue weighted by molar-refractivity contribution is 0.194. The Morgan fingerprint density at radius 3 is 1.54 bits per heavy atom. The van der Waals surface area contributed by atoms with Crippen LogP contribution in [0.2, 0.25) is 0 Å². The van der Waals surface area contributed by atoms with E-state index >= 15 is 0 Å². The molecule has 1 aliphatic rings. The van der Waals surface area contributed by atoms with Gasteiger partial charge >= 0.3 is 15.2 Å². The van der Waals surface area contributed by atoms with Crippen LogP contribution in [0.5, 0.6) is 5.75 Å². The summed E-state index contributed by atoms with van der Waals surface area (Å²) in [6.07, 6.45) is 11.4. The molecule has 0 bridgehead atoms. The number of phenolic OH excluding ortho intramolecular Hbond substituents is 1. The maximum absolute atomic E-state index is 14.5. The van der Waals surface area contributed by atoms with Gasteiger partial charge < -0.3 is 23.2 Å². The highest BCUT2D eigenvalue weighted by atomic mass is 31.2. The van der Waals surface area contributed by atoms with Gasteiger partial charge in [-0.25, -0.2) is 0 Å². The van der Waals surface area contributed by atoms with E-state index in [0.717, 1.165) is 68.1 Å². The second kappa shape index (κ2) is 16.9. The van der Waals surface area contributed by atoms with Gasteiger partial charge in [-0.2, -0.15) is 0 Å². The minimum Gasteiger partial charge on any atom is -0.508 e. The van der Waals surface area contributed by atoms with Crippen molar-refractivity contribution in [2.75, 3.05) is 26.4 Å². The molecule has 0 saturated heterocycles. The zero-order valence-corrected chi connectivity index (χ0v) is 25.1. The number of unbranched alkanes of at least 4 members (excludes halogenated alkanes) is 4. The van der Waals surface area contributed by atoms with Crippen LogP contribution >= 0.6 is 15.2 Å². The second-order valence-corrected chi connectivity index (χ2v) is 13.9. The third-order valence-electron chi connectivity index (χ3n) is 6.43. The molecule has 0 unspecified atom stereocenters. The molecule has 37 heavy (non-hydrogen) atoms. The highest BCUT2D eigenvalue weighted by molar-refractivity contribution is 7.79. The van der Waals surface area contributed by atoms with Crippen LogP contribution in [0.4, 0.5) is 0 Å². The Bertz CT molecular complexity index is 877. The summed E-state index contributed by atoms with van der Waals surface area (Å²) in [5, 5.41) is 10.4. The molecule has 9 heteroatoms. The summed E-state index contributed by atoms with van der Waals surface area (Å²) in [7, 11) is -8.07. The topological polar surface area (TPSA) is 91.3 Å². The molecule has 0 aromatic heterocycles. The van der Waals surface area contributed by atoms with E-state index in [1.807, 2.05) is 27.7 Å². The molecular formula is C28H48O7P2. The molecule has 0 aliphatic heterocycles. The predicted octanol–water partition coefficient (Wildman–Crippen LogP) is 9.22. The quantitative estimate of drug-likeness (QED) is 0.134. The van der Waals surface area contributed by atoms with Crippen molar-refractivity contribution >= 4 is 21.3 Å². The molecular weight excluding hydrogens is 510 g/mol. The molecule has 1 aromatic rings. The van der Waals surface area contributed by atoms with Gasteiger partial charge in [-0.3, -0.25) is 9.13 Å². The summed E-state index contributed by atoms with van der Waals surface area (Å²) >= 11 is 0. The van der Waals surface area contributed by atoms with Crippen molar-refractivity contribution in [3.8, 4) is 5.75 Å². The van der Waals surface area contributed by atoms with Gasteiger partial charge in [-0.15, -0.1) is 0 Å². The molecule has 0 spiro atoms. The molecule has 0 heterocycles. The fraction of sp³-hybridized carbons (Fsp3) is 0.714. The standard InChI is InChI=1S/C28H48O7P2/c1-5-9-19-32-36(30,33-20-10-6-2)28(37(31,34-21-11-7-3)35-22-12-8-4)23-24-17-18-27(29)26-16-14-13-15-25(24)26/h17-18,23,29H,5-16,19-22H2,1-4H3. The van der Waals surface area contributed by atoms with Crippen LogP contribution in [-0.4, -0.2) is 31.5 Å². The first-order valence-electron chi connectivity index (χ1n) is 14.2. The average Bonchev–Trinajstić information content (AvgIpc) is 2.89. The zero-order chi connectivity index (χ0) is 27.2. The third-order valence-corrected chi connectivity index (χ3v) is 11.4. The van der Waals surface area contributed by atoms with Gasteiger partial charge in [0, 0.05) is 0 Å². The molecule has 1 aliphatic carbocycles. The molecule has 0 amide bonds. The van der Waals surface area contributed by atoms with E-state index < -0.39 is 15.2 Å². The predicted molar refractivity (Wildman–Crippen MR) is 151 cm³/mol. The minimum atomic E-state index is -4.04. The first-order valence-corrected chi connectivity index (χ1v) is 17.3. The molecule has 2 rings (SSSR count). The van der Waals surface area contributed by atoms with Crippen molar-refractivity contribution in [3.63, 3.8) is 0 Å². The van der Waals surface area contributed by atoms with Crippen LogP contribution in [-0.2, 0) is 40.1 Å². The number of hydrogen-bond acceptors (Lipinski definition) is 7. The molecule has 0 saturated carbocycles. The van der Waals surface area contributed by atoms with Crippen LogP contribution < -0.4 is 0 Å². The van der Waals surface area contributed by atoms with Gasteiger partial charge in [0.2, 0.25) is 0 Å². The smallest absolute Gasteiger partial charge is 0.369 e. The molecule has 1 N–H and O–H groups in total. The lowest BCUT2D eigenvalue weighted by Gasteiger charge is -2.28. The van der Waals surface area contributed by atoms with Gasteiger partial charge in [0.15, 0.2) is 5.06 Å². The highest BCUT2D eigenvalue weighted by Gasteiger charge is 2.46. The minimum absolute atomic E-state index is 0.0297. The SMILES string of the molecule is CCCCOP(=O)(OCCCC)C(=Cc1ccc(O)c2c1CCCC2)P(=O)(OCCCC)OCCCC. The van der Waals surface area contributed by atoms with Crippen molar-refractivity contribution in [1.82, 2.24) is 0 Å². The zero-order valence-electron chi connectivity index (χ0n) is 23.3. The van der Waals surface area contributed by atoms with E-state index in [-0.39, 0.29) is 37.2 Å². The van der Waals surface area contributed by atoms with Gasteiger partial charge in [-0.05, 0) is 80.2 Å². The Morgan fingerprint density at radius 2 is 1.14 bits per heavy atom. The number of benzene rings is 1. The summed E-state index contributed by atoms with van der Waals surface area (Å²) in [6.45, 7) is 8.97. The Balaban J connectivity index is 2.69. The summed E-state index contributed by atoms with van der Waals surface area (Å²) in [4.78, 5) is 0. The maximum atomic E-state index is 14.5. The third kappa shape index (κ3) is 9.64. The Kier molecular flexibility index (Phi) is 14.7. The summed E-state index contributed by atoms with van der Waals surface area (Å²) in [5.41, 5.74) is 2.62. The van der Waals surface area contributed by atoms with Crippen molar-refractivity contribution in [2.45, 2.75) is 105 Å². The van der Waals surface area contributed by atoms with Crippen LogP contribution in [0.3, 0.4) is 0 Å². The van der Waals surface area contributed by atoms with Crippen molar-refractivity contribution in [3.05, 3.63) is 33.9 Å². The van der Waals surface area contributed by atoms with Gasteiger partial charge in [0.25, 0.3) is 0 Å². The lowest BCUT2D eigenvalue weighted by atomic mass is 9.87. The lowest BCUT2D eigenvalue weighted by Crippen LogP contribution is -2.09. The molecule has 0 radical (unpaired) electrons. The van der Waals surface area contributed by atoms with Crippen molar-refractivity contribution in [1.29, 1.82) is 0 Å². The Morgan fingerprint density at radius 1 is 0.730 bits per heavy atom. The summed E-state index contributed by atoms with van der Waals surface area (Å²) < 4.78 is 52.9. The normalized spacial score (nSPS) is 13.9. The van der Waals surface area contributed by atoms with Gasteiger partial charge in [0.05, 0.1) is 26.4 Å². The summed E-state index contributed by atoms with van der Waals surface area (Å²) in [6, 6.07) is 3.43. The van der Waals surface area contributed by atoms with Crippen LogP contribution in [0.25, 0.3) is 6.08 Å². The molecule has 0 fully saturated rings. The van der Waals surface area contributed by atoms with Crippen molar-refractivity contribution < 1.29 is 32.3 Å². The van der Waals surface area contributed by atoms with E-state index in [2.05, 4.69) is 0 Å². The van der Waals surface area contributed by atoms with E-state index in [1.54, 1.807) is 18.2 Å². The summed E-state index contributed by atoms with van der Waals surface area (Å²) in [5.74, 6) is 0.261. The van der Waals surface area contributed by atoms with Gasteiger partial charge in [-0.1, -0.05) is 59.4 Å². The molecule has 0 atom stereocenters.